The molecule has 1 heterocycles. The molecule has 6 heteroatoms. The van der Waals surface area contributed by atoms with Crippen LogP contribution in [0, 0.1) is 0 Å². The molecule has 2 N–H and O–H groups in total. The topological polar surface area (TPSA) is 83.0 Å². The van der Waals surface area contributed by atoms with E-state index in [9.17, 15) is 4.79 Å². The van der Waals surface area contributed by atoms with Gasteiger partial charge in [0.05, 0.1) is 29.2 Å². The molecule has 0 atom stereocenters. The molecule has 0 fully saturated rings. The summed E-state index contributed by atoms with van der Waals surface area (Å²) in [5.74, 6) is -0.323. The van der Waals surface area contributed by atoms with Gasteiger partial charge in [-0.2, -0.15) is 0 Å². The van der Waals surface area contributed by atoms with E-state index in [4.69, 9.17) is 10.5 Å². The van der Waals surface area contributed by atoms with E-state index in [1.165, 1.54) is 0 Å². The Bertz CT molecular complexity index is 622. The second-order valence-corrected chi connectivity index (χ2v) is 4.64. The van der Waals surface area contributed by atoms with Crippen LogP contribution in [-0.2, 0) is 17.7 Å². The van der Waals surface area contributed by atoms with Crippen LogP contribution in [-0.4, -0.2) is 27.6 Å². The first-order valence-electron chi connectivity index (χ1n) is 7.12. The number of benzene rings is 1. The number of nitrogens with two attached hydrogens (primary N) is 1. The number of hydrogen-bond donors (Lipinski definition) is 1. The van der Waals surface area contributed by atoms with E-state index in [2.05, 4.69) is 10.3 Å². The normalized spacial score (nSPS) is 10.6. The zero-order valence-corrected chi connectivity index (χ0v) is 12.4. The molecule has 21 heavy (non-hydrogen) atoms. The first-order chi connectivity index (χ1) is 10.2. The Balaban J connectivity index is 2.33. The molecule has 112 valence electrons. The monoisotopic (exact) mass is 288 g/mol. The van der Waals surface area contributed by atoms with Crippen molar-refractivity contribution in [2.24, 2.45) is 5.73 Å². The summed E-state index contributed by atoms with van der Waals surface area (Å²) >= 11 is 0. The maximum atomic E-state index is 11.9. The van der Waals surface area contributed by atoms with Crippen molar-refractivity contribution in [3.05, 3.63) is 41.2 Å². The minimum Gasteiger partial charge on any atom is -0.462 e. The van der Waals surface area contributed by atoms with Gasteiger partial charge in [0, 0.05) is 6.54 Å². The van der Waals surface area contributed by atoms with Crippen LogP contribution in [0.5, 0.6) is 0 Å². The van der Waals surface area contributed by atoms with E-state index in [1.54, 1.807) is 22.9 Å². The third-order valence-electron chi connectivity index (χ3n) is 3.14. The molecule has 2 rings (SSSR count). The van der Waals surface area contributed by atoms with E-state index in [1.807, 2.05) is 19.9 Å². The first kappa shape index (κ1) is 15.2. The Morgan fingerprint density at radius 3 is 2.86 bits per heavy atom. The molecule has 0 aliphatic heterocycles. The van der Waals surface area contributed by atoms with Gasteiger partial charge in [-0.05, 0) is 31.0 Å². The summed E-state index contributed by atoms with van der Waals surface area (Å²) in [6, 6.07) is 7.17. The van der Waals surface area contributed by atoms with E-state index in [0.717, 1.165) is 29.9 Å². The Morgan fingerprint density at radius 1 is 1.38 bits per heavy atom. The summed E-state index contributed by atoms with van der Waals surface area (Å²) in [6.07, 6.45) is 1.57. The van der Waals surface area contributed by atoms with Crippen LogP contribution in [0.3, 0.4) is 0 Å². The molecule has 0 saturated heterocycles. The van der Waals surface area contributed by atoms with Crippen LogP contribution in [0.2, 0.25) is 0 Å². The van der Waals surface area contributed by atoms with E-state index in [0.29, 0.717) is 18.7 Å². The predicted octanol–water partition coefficient (Wildman–Crippen LogP) is 1.86. The van der Waals surface area contributed by atoms with Gasteiger partial charge >= 0.3 is 5.97 Å². The minimum atomic E-state index is -0.323. The number of carbonyl (C=O) groups excluding carboxylic acids is 1. The minimum absolute atomic E-state index is 0.323. The number of hydrogen-bond acceptors (Lipinski definition) is 5. The highest BCUT2D eigenvalue weighted by atomic mass is 16.5. The summed E-state index contributed by atoms with van der Waals surface area (Å²) in [7, 11) is 0. The Morgan fingerprint density at radius 2 is 2.19 bits per heavy atom. The third-order valence-corrected chi connectivity index (χ3v) is 3.14. The summed E-state index contributed by atoms with van der Waals surface area (Å²) in [5.41, 5.74) is 8.68. The van der Waals surface area contributed by atoms with Gasteiger partial charge in [0.2, 0.25) is 0 Å². The average Bonchev–Trinajstić information content (AvgIpc) is 2.95. The second kappa shape index (κ2) is 6.99. The van der Waals surface area contributed by atoms with Crippen LogP contribution in [0.25, 0.3) is 5.69 Å². The van der Waals surface area contributed by atoms with Crippen LogP contribution in [0.15, 0.2) is 24.3 Å². The lowest BCUT2D eigenvalue weighted by Gasteiger charge is -2.08. The van der Waals surface area contributed by atoms with E-state index in [-0.39, 0.29) is 5.97 Å². The molecule has 1 aromatic heterocycles. The molecule has 0 amide bonds. The summed E-state index contributed by atoms with van der Waals surface area (Å²) < 4.78 is 6.87. The van der Waals surface area contributed by atoms with Gasteiger partial charge in [0.15, 0.2) is 0 Å². The fourth-order valence-electron chi connectivity index (χ4n) is 2.10. The SMILES string of the molecule is CCCOC(=O)c1cccc(-n2nnc(CN)c2CC)c1. The van der Waals surface area contributed by atoms with E-state index >= 15 is 0 Å². The largest absolute Gasteiger partial charge is 0.462 e. The molecule has 0 unspecified atom stereocenters. The van der Waals surface area contributed by atoms with Crippen LogP contribution in [0.4, 0.5) is 0 Å². The molecule has 0 radical (unpaired) electrons. The van der Waals surface area contributed by atoms with Crippen molar-refractivity contribution in [1.82, 2.24) is 15.0 Å². The van der Waals surface area contributed by atoms with Crippen molar-refractivity contribution in [2.75, 3.05) is 6.61 Å². The zero-order valence-electron chi connectivity index (χ0n) is 12.4. The van der Waals surface area contributed by atoms with Gasteiger partial charge in [0.1, 0.15) is 0 Å². The van der Waals surface area contributed by atoms with Gasteiger partial charge in [-0.25, -0.2) is 9.48 Å². The Hall–Kier alpha value is -2.21. The molecule has 0 aliphatic rings. The molecular weight excluding hydrogens is 268 g/mol. The number of carbonyl (C=O) groups is 1. The maximum Gasteiger partial charge on any atom is 0.338 e. The fraction of sp³-hybridized carbons (Fsp3) is 0.400. The molecular formula is C15H20N4O2. The van der Waals surface area contributed by atoms with Gasteiger partial charge in [-0.3, -0.25) is 0 Å². The van der Waals surface area contributed by atoms with Crippen LogP contribution >= 0.6 is 0 Å². The molecule has 2 aromatic rings. The van der Waals surface area contributed by atoms with Crippen molar-refractivity contribution in [3.63, 3.8) is 0 Å². The number of esters is 1. The molecule has 0 aliphatic carbocycles. The van der Waals surface area contributed by atoms with Crippen LogP contribution in [0.1, 0.15) is 42.0 Å². The molecule has 0 spiro atoms. The smallest absolute Gasteiger partial charge is 0.338 e. The lowest BCUT2D eigenvalue weighted by atomic mass is 10.2. The Labute approximate surface area is 123 Å². The predicted molar refractivity (Wildman–Crippen MR) is 79.2 cm³/mol. The number of ether oxygens (including phenoxy) is 1. The average molecular weight is 288 g/mol. The molecule has 0 bridgehead atoms. The number of rotatable bonds is 6. The highest BCUT2D eigenvalue weighted by Crippen LogP contribution is 2.15. The lowest BCUT2D eigenvalue weighted by Crippen LogP contribution is -2.08. The molecule has 6 nitrogen and oxygen atoms in total. The summed E-state index contributed by atoms with van der Waals surface area (Å²) in [4.78, 5) is 11.9. The van der Waals surface area contributed by atoms with Crippen LogP contribution < -0.4 is 5.73 Å². The second-order valence-electron chi connectivity index (χ2n) is 4.64. The summed E-state index contributed by atoms with van der Waals surface area (Å²) in [5, 5.41) is 8.20. The highest BCUT2D eigenvalue weighted by Gasteiger charge is 2.13. The standard InChI is InChI=1S/C15H20N4O2/c1-3-8-21-15(20)11-6-5-7-12(9-11)19-14(4-2)13(10-16)17-18-19/h5-7,9H,3-4,8,10,16H2,1-2H3. The number of nitrogens with zero attached hydrogens (tertiary/aromatic N) is 3. The van der Waals surface area contributed by atoms with Crippen molar-refractivity contribution in [3.8, 4) is 5.69 Å². The quantitative estimate of drug-likeness (QED) is 0.820. The van der Waals surface area contributed by atoms with Gasteiger partial charge in [-0.1, -0.05) is 25.1 Å². The summed E-state index contributed by atoms with van der Waals surface area (Å²) in [6.45, 7) is 4.75. The van der Waals surface area contributed by atoms with Gasteiger partial charge < -0.3 is 10.5 Å². The molecule has 0 saturated carbocycles. The van der Waals surface area contributed by atoms with Gasteiger partial charge in [0.25, 0.3) is 0 Å². The molecule has 1 aromatic carbocycles. The highest BCUT2D eigenvalue weighted by molar-refractivity contribution is 5.90. The van der Waals surface area contributed by atoms with Crippen molar-refractivity contribution in [1.29, 1.82) is 0 Å². The number of aromatic nitrogens is 3. The van der Waals surface area contributed by atoms with Crippen molar-refractivity contribution < 1.29 is 9.53 Å². The first-order valence-corrected chi connectivity index (χ1v) is 7.12. The van der Waals surface area contributed by atoms with E-state index < -0.39 is 0 Å². The van der Waals surface area contributed by atoms with Crippen molar-refractivity contribution >= 4 is 5.97 Å². The lowest BCUT2D eigenvalue weighted by molar-refractivity contribution is 0.0505. The van der Waals surface area contributed by atoms with Gasteiger partial charge in [-0.15, -0.1) is 5.10 Å². The van der Waals surface area contributed by atoms with Crippen molar-refractivity contribution in [2.45, 2.75) is 33.2 Å². The Kier molecular flexibility index (Phi) is 5.05. The third kappa shape index (κ3) is 3.28. The maximum absolute atomic E-state index is 11.9. The fourth-order valence-corrected chi connectivity index (χ4v) is 2.10. The zero-order chi connectivity index (χ0) is 15.2.